The third-order valence-corrected chi connectivity index (χ3v) is 3.70. The predicted octanol–water partition coefficient (Wildman–Crippen LogP) is 0.371. The van der Waals surface area contributed by atoms with E-state index in [-0.39, 0.29) is 17.4 Å². The number of aromatic nitrogens is 3. The first-order valence-corrected chi connectivity index (χ1v) is 6.50. The van der Waals surface area contributed by atoms with Gasteiger partial charge >= 0.3 is 0 Å². The molecule has 2 rings (SSSR count). The van der Waals surface area contributed by atoms with Crippen LogP contribution in [0.25, 0.3) is 0 Å². The molecular formula is C12H21N5O. The van der Waals surface area contributed by atoms with Gasteiger partial charge in [0.25, 0.3) is 0 Å². The predicted molar refractivity (Wildman–Crippen MR) is 67.6 cm³/mol. The third-order valence-electron chi connectivity index (χ3n) is 3.70. The molecule has 1 saturated carbocycles. The van der Waals surface area contributed by atoms with Crippen molar-refractivity contribution < 1.29 is 4.79 Å². The van der Waals surface area contributed by atoms with Crippen LogP contribution in [-0.2, 0) is 11.2 Å². The number of rotatable bonds is 4. The smallest absolute Gasteiger partial charge is 0.224 e. The first-order chi connectivity index (χ1) is 8.59. The number of carbonyl (C=O) groups excluding carboxylic acids is 1. The Morgan fingerprint density at radius 3 is 3.17 bits per heavy atom. The van der Waals surface area contributed by atoms with E-state index < -0.39 is 0 Å². The second kappa shape index (κ2) is 5.48. The van der Waals surface area contributed by atoms with E-state index in [9.17, 15) is 4.79 Å². The second-order valence-corrected chi connectivity index (χ2v) is 5.28. The molecule has 0 saturated heterocycles. The van der Waals surface area contributed by atoms with Gasteiger partial charge in [-0.2, -0.15) is 5.10 Å². The van der Waals surface area contributed by atoms with Gasteiger partial charge in [0, 0.05) is 18.5 Å². The van der Waals surface area contributed by atoms with E-state index >= 15 is 0 Å². The van der Waals surface area contributed by atoms with E-state index in [1.807, 2.05) is 6.92 Å². The molecule has 1 aliphatic rings. The normalized spacial score (nSPS) is 28.0. The number of hydrogen-bond donors (Lipinski definition) is 3. The molecule has 0 bridgehead atoms. The van der Waals surface area contributed by atoms with Gasteiger partial charge in [-0.1, -0.05) is 12.8 Å². The first kappa shape index (κ1) is 13.0. The summed E-state index contributed by atoms with van der Waals surface area (Å²) in [5.41, 5.74) is 5.83. The zero-order valence-electron chi connectivity index (χ0n) is 10.8. The molecule has 0 radical (unpaired) electrons. The molecule has 100 valence electrons. The van der Waals surface area contributed by atoms with Crippen molar-refractivity contribution in [3.05, 3.63) is 12.2 Å². The molecule has 1 heterocycles. The number of H-pyrrole nitrogens is 1. The van der Waals surface area contributed by atoms with Crippen molar-refractivity contribution in [1.29, 1.82) is 0 Å². The molecular weight excluding hydrogens is 230 g/mol. The highest BCUT2D eigenvalue weighted by molar-refractivity contribution is 5.80. The van der Waals surface area contributed by atoms with E-state index in [1.54, 1.807) is 0 Å². The quantitative estimate of drug-likeness (QED) is 0.720. The molecule has 2 unspecified atom stereocenters. The number of nitrogens with two attached hydrogens (primary N) is 1. The second-order valence-electron chi connectivity index (χ2n) is 5.28. The van der Waals surface area contributed by atoms with Gasteiger partial charge in [0.05, 0.1) is 5.92 Å². The number of aromatic amines is 1. The summed E-state index contributed by atoms with van der Waals surface area (Å²) in [4.78, 5) is 16.1. The monoisotopic (exact) mass is 251 g/mol. The van der Waals surface area contributed by atoms with Crippen molar-refractivity contribution in [1.82, 2.24) is 20.5 Å². The molecule has 18 heavy (non-hydrogen) atoms. The van der Waals surface area contributed by atoms with E-state index in [0.717, 1.165) is 31.5 Å². The van der Waals surface area contributed by atoms with Gasteiger partial charge in [-0.3, -0.25) is 9.89 Å². The Bertz CT molecular complexity index is 387. The summed E-state index contributed by atoms with van der Waals surface area (Å²) in [7, 11) is 0. The van der Waals surface area contributed by atoms with Crippen LogP contribution in [0.15, 0.2) is 6.33 Å². The molecule has 1 aliphatic carbocycles. The van der Waals surface area contributed by atoms with Crippen LogP contribution < -0.4 is 11.1 Å². The third kappa shape index (κ3) is 3.07. The average Bonchev–Trinajstić information content (AvgIpc) is 2.81. The molecule has 0 spiro atoms. The largest absolute Gasteiger partial charge is 0.355 e. The fourth-order valence-electron chi connectivity index (χ4n) is 2.57. The molecule has 1 fully saturated rings. The molecule has 2 atom stereocenters. The van der Waals surface area contributed by atoms with Gasteiger partial charge in [0.2, 0.25) is 5.91 Å². The van der Waals surface area contributed by atoms with Crippen LogP contribution in [0.4, 0.5) is 0 Å². The van der Waals surface area contributed by atoms with Gasteiger partial charge in [0.15, 0.2) is 0 Å². The Hall–Kier alpha value is -1.43. The van der Waals surface area contributed by atoms with Crippen molar-refractivity contribution in [2.75, 3.05) is 6.54 Å². The minimum atomic E-state index is -0.366. The minimum absolute atomic E-state index is 0.0685. The highest BCUT2D eigenvalue weighted by Crippen LogP contribution is 2.31. The van der Waals surface area contributed by atoms with Gasteiger partial charge in [-0.05, 0) is 19.8 Å². The Morgan fingerprint density at radius 2 is 2.50 bits per heavy atom. The average molecular weight is 251 g/mol. The zero-order chi connectivity index (χ0) is 13.0. The van der Waals surface area contributed by atoms with Crippen molar-refractivity contribution >= 4 is 5.91 Å². The van der Waals surface area contributed by atoms with E-state index in [4.69, 9.17) is 5.73 Å². The first-order valence-electron chi connectivity index (χ1n) is 6.50. The van der Waals surface area contributed by atoms with Crippen LogP contribution in [0.3, 0.4) is 0 Å². The molecule has 0 aromatic carbocycles. The Morgan fingerprint density at radius 1 is 1.67 bits per heavy atom. The van der Waals surface area contributed by atoms with Crippen LogP contribution in [0.5, 0.6) is 0 Å². The zero-order valence-corrected chi connectivity index (χ0v) is 10.8. The van der Waals surface area contributed by atoms with Crippen LogP contribution in [0, 0.1) is 5.92 Å². The SMILES string of the molecule is CC1(N)CCCCC1C(=O)NCCc1ncn[nH]1. The maximum atomic E-state index is 12.1. The van der Waals surface area contributed by atoms with Gasteiger partial charge < -0.3 is 11.1 Å². The van der Waals surface area contributed by atoms with Gasteiger partial charge in [-0.25, -0.2) is 4.98 Å². The molecule has 6 nitrogen and oxygen atoms in total. The van der Waals surface area contributed by atoms with Gasteiger partial charge in [0.1, 0.15) is 12.2 Å². The lowest BCUT2D eigenvalue weighted by atomic mass is 9.74. The van der Waals surface area contributed by atoms with E-state index in [1.165, 1.54) is 6.33 Å². The minimum Gasteiger partial charge on any atom is -0.355 e. The molecule has 1 aromatic heterocycles. The van der Waals surface area contributed by atoms with E-state index in [0.29, 0.717) is 13.0 Å². The van der Waals surface area contributed by atoms with Crippen molar-refractivity contribution in [2.24, 2.45) is 11.7 Å². The summed E-state index contributed by atoms with van der Waals surface area (Å²) >= 11 is 0. The van der Waals surface area contributed by atoms with E-state index in [2.05, 4.69) is 20.5 Å². The lowest BCUT2D eigenvalue weighted by Gasteiger charge is -2.37. The fraction of sp³-hybridized carbons (Fsp3) is 0.750. The maximum absolute atomic E-state index is 12.1. The molecule has 4 N–H and O–H groups in total. The van der Waals surface area contributed by atoms with Crippen LogP contribution in [0.1, 0.15) is 38.4 Å². The molecule has 6 heteroatoms. The Balaban J connectivity index is 1.80. The van der Waals surface area contributed by atoms with Gasteiger partial charge in [-0.15, -0.1) is 0 Å². The maximum Gasteiger partial charge on any atom is 0.224 e. The van der Waals surface area contributed by atoms with Crippen LogP contribution in [-0.4, -0.2) is 33.2 Å². The molecule has 1 amide bonds. The summed E-state index contributed by atoms with van der Waals surface area (Å²) in [5, 5.41) is 9.47. The summed E-state index contributed by atoms with van der Waals surface area (Å²) in [5.74, 6) is 0.787. The Kier molecular flexibility index (Phi) is 3.96. The lowest BCUT2D eigenvalue weighted by molar-refractivity contribution is -0.128. The lowest BCUT2D eigenvalue weighted by Crippen LogP contribution is -2.53. The summed E-state index contributed by atoms with van der Waals surface area (Å²) in [6.07, 6.45) is 6.16. The number of nitrogens with zero attached hydrogens (tertiary/aromatic N) is 2. The topological polar surface area (TPSA) is 96.7 Å². The number of nitrogens with one attached hydrogen (secondary N) is 2. The summed E-state index contributed by atoms with van der Waals surface area (Å²) in [6.45, 7) is 2.55. The van der Waals surface area contributed by atoms with Crippen molar-refractivity contribution in [3.8, 4) is 0 Å². The number of carbonyl (C=O) groups is 1. The van der Waals surface area contributed by atoms with Crippen LogP contribution in [0.2, 0.25) is 0 Å². The van der Waals surface area contributed by atoms with Crippen molar-refractivity contribution in [3.63, 3.8) is 0 Å². The molecule has 1 aromatic rings. The molecule has 0 aliphatic heterocycles. The summed E-state index contributed by atoms with van der Waals surface area (Å²) < 4.78 is 0. The highest BCUT2D eigenvalue weighted by atomic mass is 16.1. The highest BCUT2D eigenvalue weighted by Gasteiger charge is 2.37. The number of amides is 1. The summed E-state index contributed by atoms with van der Waals surface area (Å²) in [6, 6.07) is 0. The Labute approximate surface area is 107 Å². The fourth-order valence-corrected chi connectivity index (χ4v) is 2.57. The number of hydrogen-bond acceptors (Lipinski definition) is 4. The standard InChI is InChI=1S/C12H21N5O/c1-12(13)6-3-2-4-9(12)11(18)14-7-5-10-15-8-16-17-10/h8-9H,2-7,13H2,1H3,(H,14,18)(H,15,16,17). The van der Waals surface area contributed by atoms with Crippen LogP contribution >= 0.6 is 0 Å². The van der Waals surface area contributed by atoms with Crippen molar-refractivity contribution in [2.45, 2.75) is 44.6 Å².